The minimum atomic E-state index is -1.11. The highest BCUT2D eigenvalue weighted by atomic mass is 79.9. The zero-order valence-electron chi connectivity index (χ0n) is 12.1. The van der Waals surface area contributed by atoms with Gasteiger partial charge in [-0.3, -0.25) is 0 Å². The van der Waals surface area contributed by atoms with Crippen LogP contribution in [0.1, 0.15) is 27.0 Å². The van der Waals surface area contributed by atoms with Gasteiger partial charge in [-0.05, 0) is 70.0 Å². The van der Waals surface area contributed by atoms with Crippen molar-refractivity contribution in [3.8, 4) is 6.07 Å². The first-order valence-electron chi connectivity index (χ1n) is 6.23. The van der Waals surface area contributed by atoms with Crippen molar-refractivity contribution in [1.82, 2.24) is 0 Å². The Morgan fingerprint density at radius 3 is 2.00 bits per heavy atom. The molecule has 0 saturated carbocycles. The fourth-order valence-electron chi connectivity index (χ4n) is 1.66. The second-order valence-corrected chi connectivity index (χ2v) is 6.19. The molecule has 2 aromatic rings. The molecule has 0 unspecified atom stereocenters. The van der Waals surface area contributed by atoms with E-state index in [0.717, 1.165) is 0 Å². The van der Waals surface area contributed by atoms with Crippen LogP contribution < -0.4 is 0 Å². The topological polar surface area (TPSA) is 61.1 Å². The van der Waals surface area contributed by atoms with Gasteiger partial charge in [0.2, 0.25) is 0 Å². The van der Waals surface area contributed by atoms with Crippen molar-refractivity contribution in [3.63, 3.8) is 0 Å². The van der Waals surface area contributed by atoms with Crippen molar-refractivity contribution in [2.75, 3.05) is 0 Å². The van der Waals surface area contributed by atoms with E-state index in [0.29, 0.717) is 15.6 Å². The monoisotopic (exact) mass is 445 g/mol. The number of carboxylic acid groups (broad SMARTS) is 1. The van der Waals surface area contributed by atoms with Gasteiger partial charge in [-0.2, -0.15) is 5.26 Å². The largest absolute Gasteiger partial charge is 0.478 e. The number of hydrogen-bond donors (Lipinski definition) is 1. The van der Waals surface area contributed by atoms with Crippen LogP contribution >= 0.6 is 31.9 Å². The molecule has 0 fully saturated rings. The summed E-state index contributed by atoms with van der Waals surface area (Å²) in [6, 6.07) is 7.76. The molecule has 7 heteroatoms. The summed E-state index contributed by atoms with van der Waals surface area (Å²) in [4.78, 5) is 10.5. The number of rotatable bonds is 1. The quantitative estimate of drug-likeness (QED) is 0.641. The number of benzene rings is 2. The van der Waals surface area contributed by atoms with Crippen LogP contribution in [0.4, 0.5) is 8.78 Å². The lowest BCUT2D eigenvalue weighted by molar-refractivity contribution is 0.0695. The van der Waals surface area contributed by atoms with Gasteiger partial charge in [-0.25, -0.2) is 13.6 Å². The lowest BCUT2D eigenvalue weighted by atomic mass is 10.1. The summed E-state index contributed by atoms with van der Waals surface area (Å²) >= 11 is 5.99. The van der Waals surface area contributed by atoms with E-state index >= 15 is 0 Å². The number of halogens is 4. The Morgan fingerprint density at radius 1 is 1.04 bits per heavy atom. The van der Waals surface area contributed by atoms with Crippen LogP contribution in [0, 0.1) is 36.8 Å². The van der Waals surface area contributed by atoms with Crippen LogP contribution in [-0.4, -0.2) is 11.1 Å². The summed E-state index contributed by atoms with van der Waals surface area (Å²) in [6.45, 7) is 3.02. The van der Waals surface area contributed by atoms with Crippen LogP contribution in [0.25, 0.3) is 0 Å². The highest BCUT2D eigenvalue weighted by Gasteiger charge is 2.12. The second-order valence-electron chi connectivity index (χ2n) is 4.48. The predicted octanol–water partition coefficient (Wildman–Crippen LogP) is 5.36. The lowest BCUT2D eigenvalue weighted by Crippen LogP contribution is -2.01. The number of hydrogen-bond acceptors (Lipinski definition) is 2. The van der Waals surface area contributed by atoms with Gasteiger partial charge in [-0.15, -0.1) is 0 Å². The first-order chi connectivity index (χ1) is 10.7. The number of nitrogens with zero attached hydrogens (tertiary/aromatic N) is 1. The summed E-state index contributed by atoms with van der Waals surface area (Å²) in [5.74, 6) is -1.99. The molecule has 0 heterocycles. The van der Waals surface area contributed by atoms with Crippen molar-refractivity contribution in [2.24, 2.45) is 0 Å². The Labute approximate surface area is 148 Å². The Kier molecular flexibility index (Phi) is 6.85. The van der Waals surface area contributed by atoms with Gasteiger partial charge in [0.25, 0.3) is 0 Å². The van der Waals surface area contributed by atoms with E-state index in [-0.39, 0.29) is 21.4 Å². The first-order valence-corrected chi connectivity index (χ1v) is 7.81. The molecule has 0 aliphatic carbocycles. The molecule has 2 aromatic carbocycles. The van der Waals surface area contributed by atoms with E-state index < -0.39 is 11.8 Å². The maximum absolute atomic E-state index is 13.0. The molecule has 0 radical (unpaired) electrons. The van der Waals surface area contributed by atoms with Crippen LogP contribution in [0.15, 0.2) is 33.2 Å². The molecule has 2 rings (SSSR count). The van der Waals surface area contributed by atoms with Gasteiger partial charge in [-0.1, -0.05) is 0 Å². The third kappa shape index (κ3) is 4.60. The van der Waals surface area contributed by atoms with E-state index in [1.165, 1.54) is 25.1 Å². The smallest absolute Gasteiger partial charge is 0.336 e. The molecule has 0 bridgehead atoms. The molecule has 0 aliphatic heterocycles. The molecule has 1 N–H and O–H groups in total. The van der Waals surface area contributed by atoms with Crippen molar-refractivity contribution in [1.29, 1.82) is 5.26 Å². The third-order valence-electron chi connectivity index (χ3n) is 3.03. The Bertz CT molecular complexity index is 802. The number of nitriles is 1. The van der Waals surface area contributed by atoms with Gasteiger partial charge in [0.1, 0.15) is 11.6 Å². The molecule has 0 saturated heterocycles. The SMILES string of the molecule is Cc1c(C#N)ccc(Br)c1F.Cc1c(C(=O)O)ccc(Br)c1F. The van der Waals surface area contributed by atoms with Crippen LogP contribution in [0.5, 0.6) is 0 Å². The standard InChI is InChI=1S/C8H5BrFN.C8H6BrFO2/c1-5-6(4-11)2-3-7(9)8(5)10;1-4-5(8(11)12)2-3-6(9)7(4)10/h2-3H,1H3;2-3H,1H3,(H,11,12). The van der Waals surface area contributed by atoms with Crippen LogP contribution in [0.2, 0.25) is 0 Å². The molecule has 0 aromatic heterocycles. The molecule has 0 amide bonds. The van der Waals surface area contributed by atoms with Crippen molar-refractivity contribution < 1.29 is 18.7 Å². The van der Waals surface area contributed by atoms with Crippen molar-refractivity contribution in [2.45, 2.75) is 13.8 Å². The maximum atomic E-state index is 13.0. The average Bonchev–Trinajstić information content (AvgIpc) is 2.51. The minimum absolute atomic E-state index is 0.00398. The number of carboxylic acids is 1. The van der Waals surface area contributed by atoms with Gasteiger partial charge < -0.3 is 5.11 Å². The highest BCUT2D eigenvalue weighted by Crippen LogP contribution is 2.21. The second kappa shape index (κ2) is 8.18. The molecular formula is C16H11Br2F2NO2. The van der Waals surface area contributed by atoms with Gasteiger partial charge in [0.15, 0.2) is 0 Å². The number of carbonyl (C=O) groups is 1. The predicted molar refractivity (Wildman–Crippen MR) is 89.3 cm³/mol. The molecule has 0 aliphatic rings. The van der Waals surface area contributed by atoms with Crippen molar-refractivity contribution in [3.05, 3.63) is 67.1 Å². The van der Waals surface area contributed by atoms with E-state index in [1.807, 2.05) is 6.07 Å². The van der Waals surface area contributed by atoms with Crippen LogP contribution in [-0.2, 0) is 0 Å². The van der Waals surface area contributed by atoms with Crippen molar-refractivity contribution >= 4 is 37.8 Å². The van der Waals surface area contributed by atoms with Crippen LogP contribution in [0.3, 0.4) is 0 Å². The molecule has 120 valence electrons. The summed E-state index contributed by atoms with van der Waals surface area (Å²) in [5, 5.41) is 17.1. The van der Waals surface area contributed by atoms with E-state index in [2.05, 4.69) is 31.9 Å². The highest BCUT2D eigenvalue weighted by molar-refractivity contribution is 9.10. The summed E-state index contributed by atoms with van der Waals surface area (Å²) < 4.78 is 26.7. The van der Waals surface area contributed by atoms with Gasteiger partial charge in [0, 0.05) is 11.1 Å². The zero-order chi connectivity index (χ0) is 17.7. The van der Waals surface area contributed by atoms with Gasteiger partial charge >= 0.3 is 5.97 Å². The number of aromatic carboxylic acids is 1. The van der Waals surface area contributed by atoms with E-state index in [4.69, 9.17) is 10.4 Å². The zero-order valence-corrected chi connectivity index (χ0v) is 15.3. The molecular weight excluding hydrogens is 436 g/mol. The fraction of sp³-hybridized carbons (Fsp3) is 0.125. The lowest BCUT2D eigenvalue weighted by Gasteiger charge is -2.02. The average molecular weight is 447 g/mol. The minimum Gasteiger partial charge on any atom is -0.478 e. The molecule has 3 nitrogen and oxygen atoms in total. The summed E-state index contributed by atoms with van der Waals surface area (Å²) in [5.41, 5.74) is 0.917. The van der Waals surface area contributed by atoms with E-state index in [1.54, 1.807) is 13.0 Å². The van der Waals surface area contributed by atoms with E-state index in [9.17, 15) is 13.6 Å². The third-order valence-corrected chi connectivity index (χ3v) is 4.25. The first kappa shape index (κ1) is 19.3. The molecule has 0 atom stereocenters. The normalized spacial score (nSPS) is 9.61. The fourth-order valence-corrected chi connectivity index (χ4v) is 2.52. The van der Waals surface area contributed by atoms with Gasteiger partial charge in [0.05, 0.1) is 26.1 Å². The summed E-state index contributed by atoms with van der Waals surface area (Å²) in [6.07, 6.45) is 0. The molecule has 23 heavy (non-hydrogen) atoms. The Hall–Kier alpha value is -1.78. The Morgan fingerprint density at radius 2 is 1.52 bits per heavy atom. The Balaban J connectivity index is 0.000000231. The maximum Gasteiger partial charge on any atom is 0.336 e. The molecule has 0 spiro atoms. The summed E-state index contributed by atoms with van der Waals surface area (Å²) in [7, 11) is 0.